The fourth-order valence-electron chi connectivity index (χ4n) is 1.93. The van der Waals surface area contributed by atoms with Gasteiger partial charge in [-0.15, -0.1) is 0 Å². The molecule has 7 heteroatoms. The van der Waals surface area contributed by atoms with Gasteiger partial charge in [-0.25, -0.2) is 4.98 Å². The smallest absolute Gasteiger partial charge is 0.308 e. The Morgan fingerprint density at radius 2 is 2.35 bits per heavy atom. The fourth-order valence-corrected chi connectivity index (χ4v) is 1.93. The summed E-state index contributed by atoms with van der Waals surface area (Å²) in [5, 5.41) is 12.8. The fraction of sp³-hybridized carbons (Fsp3) is 0.600. The van der Waals surface area contributed by atoms with Crippen LogP contribution in [0.5, 0.6) is 0 Å². The summed E-state index contributed by atoms with van der Waals surface area (Å²) in [6.45, 7) is 1.58. The van der Waals surface area contributed by atoms with Crippen molar-refractivity contribution in [1.29, 1.82) is 0 Å². The van der Waals surface area contributed by atoms with E-state index in [1.54, 1.807) is 15.9 Å². The van der Waals surface area contributed by atoms with E-state index in [4.69, 9.17) is 5.11 Å². The Kier molecular flexibility index (Phi) is 3.36. The van der Waals surface area contributed by atoms with E-state index in [2.05, 4.69) is 10.1 Å². The lowest BCUT2D eigenvalue weighted by atomic mass is 10.1. The van der Waals surface area contributed by atoms with Crippen LogP contribution in [-0.4, -0.2) is 49.7 Å². The zero-order chi connectivity index (χ0) is 12.3. The van der Waals surface area contributed by atoms with Crippen LogP contribution in [0.25, 0.3) is 0 Å². The van der Waals surface area contributed by atoms with E-state index in [0.717, 1.165) is 6.42 Å². The Bertz CT molecular complexity index is 404. The number of carbonyl (C=O) groups excluding carboxylic acids is 1. The molecule has 0 unspecified atom stereocenters. The normalized spacial score (nSPS) is 19.9. The molecule has 1 aromatic rings. The van der Waals surface area contributed by atoms with Gasteiger partial charge in [0, 0.05) is 26.1 Å². The molecule has 0 bridgehead atoms. The number of aromatic nitrogens is 3. The van der Waals surface area contributed by atoms with Crippen molar-refractivity contribution in [3.05, 3.63) is 12.7 Å². The minimum absolute atomic E-state index is 0.0732. The van der Waals surface area contributed by atoms with Gasteiger partial charge in [0.1, 0.15) is 12.7 Å². The second-order valence-corrected chi connectivity index (χ2v) is 4.09. The van der Waals surface area contributed by atoms with Gasteiger partial charge in [0.15, 0.2) is 0 Å². The second-order valence-electron chi connectivity index (χ2n) is 4.09. The second kappa shape index (κ2) is 4.94. The lowest BCUT2D eigenvalue weighted by molar-refractivity contribution is -0.141. The predicted molar refractivity (Wildman–Crippen MR) is 57.0 cm³/mol. The van der Waals surface area contributed by atoms with Crippen LogP contribution in [0.4, 0.5) is 0 Å². The van der Waals surface area contributed by atoms with Crippen molar-refractivity contribution in [2.75, 3.05) is 13.1 Å². The molecule has 17 heavy (non-hydrogen) atoms. The van der Waals surface area contributed by atoms with Gasteiger partial charge in [-0.3, -0.25) is 14.3 Å². The minimum Gasteiger partial charge on any atom is -0.481 e. The van der Waals surface area contributed by atoms with Crippen LogP contribution in [0.1, 0.15) is 12.8 Å². The van der Waals surface area contributed by atoms with Gasteiger partial charge >= 0.3 is 5.97 Å². The number of aryl methyl sites for hydroxylation is 1. The van der Waals surface area contributed by atoms with E-state index in [0.29, 0.717) is 19.6 Å². The Balaban J connectivity index is 1.76. The number of carboxylic acid groups (broad SMARTS) is 1. The largest absolute Gasteiger partial charge is 0.481 e. The predicted octanol–water partition coefficient (Wildman–Crippen LogP) is -0.399. The molecule has 0 radical (unpaired) electrons. The maximum atomic E-state index is 11.5. The maximum absolute atomic E-state index is 11.5. The number of carboxylic acids is 1. The highest BCUT2D eigenvalue weighted by molar-refractivity contribution is 5.86. The van der Waals surface area contributed by atoms with Crippen LogP contribution in [-0.2, 0) is 16.1 Å². The van der Waals surface area contributed by atoms with Crippen molar-refractivity contribution in [2.45, 2.75) is 19.4 Å². The number of rotatable bonds is 5. The van der Waals surface area contributed by atoms with Gasteiger partial charge in [-0.1, -0.05) is 0 Å². The standard InChI is InChI=1S/C10H14N4O3/c15-9-4-8(10(16)17)5-13(9)2-1-3-14-7-11-6-12-14/h6-8H,1-5H2,(H,16,17)/t8-/m1/s1. The van der Waals surface area contributed by atoms with Gasteiger partial charge in [0.2, 0.25) is 5.91 Å². The van der Waals surface area contributed by atoms with E-state index in [1.807, 2.05) is 0 Å². The zero-order valence-corrected chi connectivity index (χ0v) is 9.32. The molecule has 1 aliphatic heterocycles. The summed E-state index contributed by atoms with van der Waals surface area (Å²) in [5.74, 6) is -1.51. The average Bonchev–Trinajstić information content (AvgIpc) is 2.89. The van der Waals surface area contributed by atoms with Crippen molar-refractivity contribution in [3.8, 4) is 0 Å². The highest BCUT2D eigenvalue weighted by Crippen LogP contribution is 2.17. The molecular weight excluding hydrogens is 224 g/mol. The van der Waals surface area contributed by atoms with Crippen LogP contribution < -0.4 is 0 Å². The van der Waals surface area contributed by atoms with Gasteiger partial charge in [0.25, 0.3) is 0 Å². The molecule has 0 aromatic carbocycles. The van der Waals surface area contributed by atoms with Gasteiger partial charge < -0.3 is 10.0 Å². The number of likely N-dealkylation sites (tertiary alicyclic amines) is 1. The van der Waals surface area contributed by atoms with Crippen molar-refractivity contribution in [1.82, 2.24) is 19.7 Å². The highest BCUT2D eigenvalue weighted by Gasteiger charge is 2.33. The minimum atomic E-state index is -0.892. The number of nitrogens with zero attached hydrogens (tertiary/aromatic N) is 4. The van der Waals surface area contributed by atoms with Gasteiger partial charge in [-0.2, -0.15) is 5.10 Å². The molecule has 1 saturated heterocycles. The molecule has 1 aliphatic rings. The first-order chi connectivity index (χ1) is 8.16. The summed E-state index contributed by atoms with van der Waals surface area (Å²) in [4.78, 5) is 27.7. The third-order valence-corrected chi connectivity index (χ3v) is 2.85. The van der Waals surface area contributed by atoms with E-state index >= 15 is 0 Å². The summed E-state index contributed by atoms with van der Waals surface area (Å²) < 4.78 is 1.69. The summed E-state index contributed by atoms with van der Waals surface area (Å²) in [5.41, 5.74) is 0. The third kappa shape index (κ3) is 2.80. The van der Waals surface area contributed by atoms with Crippen molar-refractivity contribution < 1.29 is 14.7 Å². The van der Waals surface area contributed by atoms with E-state index in [-0.39, 0.29) is 12.3 Å². The summed E-state index contributed by atoms with van der Waals surface area (Å²) in [7, 11) is 0. The molecule has 0 aliphatic carbocycles. The molecule has 1 amide bonds. The number of carbonyl (C=O) groups is 2. The Morgan fingerprint density at radius 1 is 1.53 bits per heavy atom. The highest BCUT2D eigenvalue weighted by atomic mass is 16.4. The molecule has 1 fully saturated rings. The van der Waals surface area contributed by atoms with Crippen LogP contribution in [0.3, 0.4) is 0 Å². The molecule has 1 N–H and O–H groups in total. The van der Waals surface area contributed by atoms with E-state index in [9.17, 15) is 9.59 Å². The number of aliphatic carboxylic acids is 1. The van der Waals surface area contributed by atoms with E-state index < -0.39 is 11.9 Å². The summed E-state index contributed by atoms with van der Waals surface area (Å²) in [6.07, 6.45) is 3.95. The summed E-state index contributed by atoms with van der Waals surface area (Å²) in [6, 6.07) is 0. The number of hydrogen-bond acceptors (Lipinski definition) is 4. The quantitative estimate of drug-likeness (QED) is 0.754. The van der Waals surface area contributed by atoms with Crippen LogP contribution in [0, 0.1) is 5.92 Å². The van der Waals surface area contributed by atoms with Crippen LogP contribution >= 0.6 is 0 Å². The first-order valence-corrected chi connectivity index (χ1v) is 5.50. The SMILES string of the molecule is O=C(O)[C@@H]1CC(=O)N(CCCn2cncn2)C1. The Labute approximate surface area is 98.0 Å². The van der Waals surface area contributed by atoms with Crippen molar-refractivity contribution >= 4 is 11.9 Å². The molecule has 2 rings (SSSR count). The molecule has 92 valence electrons. The maximum Gasteiger partial charge on any atom is 0.308 e. The molecule has 0 spiro atoms. The monoisotopic (exact) mass is 238 g/mol. The lowest BCUT2D eigenvalue weighted by Gasteiger charge is -2.15. The first-order valence-electron chi connectivity index (χ1n) is 5.50. The number of hydrogen-bond donors (Lipinski definition) is 1. The zero-order valence-electron chi connectivity index (χ0n) is 9.32. The molecule has 1 aromatic heterocycles. The third-order valence-electron chi connectivity index (χ3n) is 2.85. The van der Waals surface area contributed by atoms with Crippen LogP contribution in [0.15, 0.2) is 12.7 Å². The molecule has 1 atom stereocenters. The Hall–Kier alpha value is -1.92. The summed E-state index contributed by atoms with van der Waals surface area (Å²) >= 11 is 0. The molecular formula is C10H14N4O3. The molecule has 7 nitrogen and oxygen atoms in total. The average molecular weight is 238 g/mol. The van der Waals surface area contributed by atoms with Crippen LogP contribution in [0.2, 0.25) is 0 Å². The van der Waals surface area contributed by atoms with Gasteiger partial charge in [0.05, 0.1) is 5.92 Å². The Morgan fingerprint density at radius 3 is 2.94 bits per heavy atom. The lowest BCUT2D eigenvalue weighted by Crippen LogP contribution is -2.28. The van der Waals surface area contributed by atoms with Gasteiger partial charge in [-0.05, 0) is 6.42 Å². The van der Waals surface area contributed by atoms with Crippen molar-refractivity contribution in [3.63, 3.8) is 0 Å². The van der Waals surface area contributed by atoms with Crippen molar-refractivity contribution in [2.24, 2.45) is 5.92 Å². The first kappa shape index (κ1) is 11.6. The molecule has 0 saturated carbocycles. The molecule has 2 heterocycles. The van der Waals surface area contributed by atoms with E-state index in [1.165, 1.54) is 6.33 Å². The topological polar surface area (TPSA) is 88.3 Å². The number of amides is 1.